The topological polar surface area (TPSA) is 48.4 Å². The van der Waals surface area contributed by atoms with Gasteiger partial charge in [0.25, 0.3) is 0 Å². The first-order valence-corrected chi connectivity index (χ1v) is 5.82. The molecule has 1 aromatic rings. The van der Waals surface area contributed by atoms with Gasteiger partial charge in [-0.05, 0) is 25.5 Å². The Morgan fingerprint density at radius 3 is 2.76 bits per heavy atom. The molecule has 0 N–H and O–H groups in total. The number of esters is 1. The molecule has 1 rings (SSSR count). The zero-order chi connectivity index (χ0) is 12.7. The highest BCUT2D eigenvalue weighted by molar-refractivity contribution is 5.88. The zero-order valence-corrected chi connectivity index (χ0v) is 10.6. The van der Waals surface area contributed by atoms with Crippen LogP contribution in [0, 0.1) is 0 Å². The van der Waals surface area contributed by atoms with Gasteiger partial charge in [0, 0.05) is 6.20 Å². The van der Waals surface area contributed by atoms with Crippen molar-refractivity contribution in [1.29, 1.82) is 0 Å². The van der Waals surface area contributed by atoms with Crippen molar-refractivity contribution in [2.75, 3.05) is 7.11 Å². The van der Waals surface area contributed by atoms with E-state index in [4.69, 9.17) is 4.74 Å². The summed E-state index contributed by atoms with van der Waals surface area (Å²) in [5, 5.41) is 0. The Labute approximate surface area is 102 Å². The first kappa shape index (κ1) is 13.6. The number of carbonyl (C=O) groups excluding carboxylic acids is 1. The van der Waals surface area contributed by atoms with Crippen molar-refractivity contribution in [1.82, 2.24) is 4.98 Å². The molecule has 0 saturated carbocycles. The summed E-state index contributed by atoms with van der Waals surface area (Å²) in [5.74, 6) is -0.371. The molecule has 4 heteroatoms. The van der Waals surface area contributed by atoms with Gasteiger partial charge in [-0.15, -0.1) is 0 Å². The number of aromatic nitrogens is 1. The fourth-order valence-corrected chi connectivity index (χ4v) is 1.47. The van der Waals surface area contributed by atoms with Gasteiger partial charge in [0.05, 0.1) is 31.1 Å². The van der Waals surface area contributed by atoms with E-state index in [1.54, 1.807) is 12.1 Å². The molecule has 0 aromatic carbocycles. The summed E-state index contributed by atoms with van der Waals surface area (Å²) in [7, 11) is 1.35. The lowest BCUT2D eigenvalue weighted by atomic mass is 10.2. The largest absolute Gasteiger partial charge is 0.465 e. The SMILES string of the molecule is CCCC(C)OCc1ccc(C(=O)OC)cn1. The van der Waals surface area contributed by atoms with Crippen molar-refractivity contribution in [3.05, 3.63) is 29.6 Å². The molecule has 0 saturated heterocycles. The molecule has 1 atom stereocenters. The molecule has 0 fully saturated rings. The highest BCUT2D eigenvalue weighted by atomic mass is 16.5. The number of carbonyl (C=O) groups is 1. The predicted octanol–water partition coefficient (Wildman–Crippen LogP) is 2.57. The van der Waals surface area contributed by atoms with Gasteiger partial charge in [0.2, 0.25) is 0 Å². The molecular formula is C13H19NO3. The summed E-state index contributed by atoms with van der Waals surface area (Å²) < 4.78 is 10.2. The molecule has 94 valence electrons. The summed E-state index contributed by atoms with van der Waals surface area (Å²) in [5.41, 5.74) is 1.28. The minimum atomic E-state index is -0.371. The fourth-order valence-electron chi connectivity index (χ4n) is 1.47. The van der Waals surface area contributed by atoms with Crippen molar-refractivity contribution in [2.45, 2.75) is 39.4 Å². The van der Waals surface area contributed by atoms with E-state index in [9.17, 15) is 4.79 Å². The molecular weight excluding hydrogens is 218 g/mol. The molecule has 0 aliphatic heterocycles. The third-order valence-electron chi connectivity index (χ3n) is 2.46. The Balaban J connectivity index is 2.48. The van der Waals surface area contributed by atoms with E-state index < -0.39 is 0 Å². The Hall–Kier alpha value is -1.42. The molecule has 1 heterocycles. The number of ether oxygens (including phenoxy) is 2. The summed E-state index contributed by atoms with van der Waals surface area (Å²) in [6, 6.07) is 3.48. The van der Waals surface area contributed by atoms with E-state index in [-0.39, 0.29) is 12.1 Å². The van der Waals surface area contributed by atoms with Gasteiger partial charge >= 0.3 is 5.97 Å². The lowest BCUT2D eigenvalue weighted by Crippen LogP contribution is -2.09. The first-order valence-electron chi connectivity index (χ1n) is 5.82. The summed E-state index contributed by atoms with van der Waals surface area (Å²) in [6.45, 7) is 4.65. The van der Waals surface area contributed by atoms with Crippen LogP contribution in [0.25, 0.3) is 0 Å². The summed E-state index contributed by atoms with van der Waals surface area (Å²) in [4.78, 5) is 15.3. The van der Waals surface area contributed by atoms with Crippen LogP contribution < -0.4 is 0 Å². The average molecular weight is 237 g/mol. The van der Waals surface area contributed by atoms with Crippen molar-refractivity contribution in [3.8, 4) is 0 Å². The van der Waals surface area contributed by atoms with Gasteiger partial charge in [-0.3, -0.25) is 4.98 Å². The number of rotatable bonds is 6. The van der Waals surface area contributed by atoms with E-state index in [1.807, 2.05) is 6.92 Å². The molecule has 0 spiro atoms. The zero-order valence-electron chi connectivity index (χ0n) is 10.6. The van der Waals surface area contributed by atoms with Gasteiger partial charge in [-0.1, -0.05) is 13.3 Å². The molecule has 4 nitrogen and oxygen atoms in total. The van der Waals surface area contributed by atoms with Gasteiger partial charge in [0.15, 0.2) is 0 Å². The fraction of sp³-hybridized carbons (Fsp3) is 0.538. The normalized spacial score (nSPS) is 12.2. The number of methoxy groups -OCH3 is 1. The second-order valence-electron chi connectivity index (χ2n) is 3.94. The highest BCUT2D eigenvalue weighted by Gasteiger charge is 2.06. The van der Waals surface area contributed by atoms with Crippen LogP contribution in [0.5, 0.6) is 0 Å². The third-order valence-corrected chi connectivity index (χ3v) is 2.46. The van der Waals surface area contributed by atoms with Crippen LogP contribution in [0.15, 0.2) is 18.3 Å². The monoisotopic (exact) mass is 237 g/mol. The molecule has 1 unspecified atom stereocenters. The summed E-state index contributed by atoms with van der Waals surface area (Å²) in [6.07, 6.45) is 3.90. The Bertz CT molecular complexity index is 348. The van der Waals surface area contributed by atoms with Crippen LogP contribution in [0.3, 0.4) is 0 Å². The van der Waals surface area contributed by atoms with Gasteiger partial charge < -0.3 is 9.47 Å². The van der Waals surface area contributed by atoms with E-state index >= 15 is 0 Å². The lowest BCUT2D eigenvalue weighted by molar-refractivity contribution is 0.0451. The standard InChI is InChI=1S/C13H19NO3/c1-4-5-10(2)17-9-12-7-6-11(8-14-12)13(15)16-3/h6-8,10H,4-5,9H2,1-3H3. The number of hydrogen-bond acceptors (Lipinski definition) is 4. The van der Waals surface area contributed by atoms with Crippen molar-refractivity contribution in [3.63, 3.8) is 0 Å². The van der Waals surface area contributed by atoms with Crippen LogP contribution in [0.4, 0.5) is 0 Å². The van der Waals surface area contributed by atoms with Gasteiger partial charge in [-0.25, -0.2) is 4.79 Å². The smallest absolute Gasteiger partial charge is 0.339 e. The average Bonchev–Trinajstić information content (AvgIpc) is 2.36. The van der Waals surface area contributed by atoms with Gasteiger partial charge in [-0.2, -0.15) is 0 Å². The minimum Gasteiger partial charge on any atom is -0.465 e. The quantitative estimate of drug-likeness (QED) is 0.713. The Morgan fingerprint density at radius 2 is 2.24 bits per heavy atom. The molecule has 0 aliphatic carbocycles. The number of nitrogens with zero attached hydrogens (tertiary/aromatic N) is 1. The summed E-state index contributed by atoms with van der Waals surface area (Å²) >= 11 is 0. The van der Waals surface area contributed by atoms with E-state index in [0.717, 1.165) is 18.5 Å². The predicted molar refractivity (Wildman–Crippen MR) is 64.7 cm³/mol. The van der Waals surface area contributed by atoms with Gasteiger partial charge in [0.1, 0.15) is 0 Å². The molecule has 17 heavy (non-hydrogen) atoms. The van der Waals surface area contributed by atoms with Crippen LogP contribution in [0.1, 0.15) is 42.7 Å². The van der Waals surface area contributed by atoms with Crippen molar-refractivity contribution in [2.24, 2.45) is 0 Å². The second kappa shape index (κ2) is 7.01. The van der Waals surface area contributed by atoms with Crippen LogP contribution in [-0.4, -0.2) is 24.2 Å². The molecule has 1 aromatic heterocycles. The maximum Gasteiger partial charge on any atom is 0.339 e. The Morgan fingerprint density at radius 1 is 1.47 bits per heavy atom. The molecule has 0 bridgehead atoms. The molecule has 0 radical (unpaired) electrons. The third kappa shape index (κ3) is 4.53. The van der Waals surface area contributed by atoms with Crippen LogP contribution >= 0.6 is 0 Å². The number of pyridine rings is 1. The molecule has 0 aliphatic rings. The minimum absolute atomic E-state index is 0.238. The maximum absolute atomic E-state index is 11.2. The van der Waals surface area contributed by atoms with E-state index in [1.165, 1.54) is 13.3 Å². The van der Waals surface area contributed by atoms with Crippen LogP contribution in [0.2, 0.25) is 0 Å². The number of hydrogen-bond donors (Lipinski definition) is 0. The first-order chi connectivity index (χ1) is 8.17. The maximum atomic E-state index is 11.2. The van der Waals surface area contributed by atoms with Crippen LogP contribution in [-0.2, 0) is 16.1 Å². The van der Waals surface area contributed by atoms with Crippen molar-refractivity contribution >= 4 is 5.97 Å². The second-order valence-corrected chi connectivity index (χ2v) is 3.94. The van der Waals surface area contributed by atoms with E-state index in [0.29, 0.717) is 12.2 Å². The van der Waals surface area contributed by atoms with Crippen molar-refractivity contribution < 1.29 is 14.3 Å². The lowest BCUT2D eigenvalue weighted by Gasteiger charge is -2.11. The van der Waals surface area contributed by atoms with E-state index in [2.05, 4.69) is 16.6 Å². The highest BCUT2D eigenvalue weighted by Crippen LogP contribution is 2.07. The Kier molecular flexibility index (Phi) is 5.63. The molecule has 0 amide bonds.